The quantitative estimate of drug-likeness (QED) is 0.845. The molecule has 0 amide bonds. The van der Waals surface area contributed by atoms with E-state index < -0.39 is 10.0 Å². The van der Waals surface area contributed by atoms with E-state index in [1.807, 2.05) is 12.3 Å². The van der Waals surface area contributed by atoms with Crippen LogP contribution in [0.4, 0.5) is 0 Å². The smallest absolute Gasteiger partial charge is 0.241 e. The Labute approximate surface area is 120 Å². The molecule has 19 heavy (non-hydrogen) atoms. The van der Waals surface area contributed by atoms with Gasteiger partial charge in [-0.1, -0.05) is 0 Å². The highest BCUT2D eigenvalue weighted by molar-refractivity contribution is 7.89. The summed E-state index contributed by atoms with van der Waals surface area (Å²) in [4.78, 5) is 5.26. The van der Waals surface area contributed by atoms with E-state index in [1.54, 1.807) is 22.8 Å². The Balaban J connectivity index is 1.98. The maximum Gasteiger partial charge on any atom is 0.241 e. The molecule has 0 unspecified atom stereocenters. The largest absolute Gasteiger partial charge is 0.326 e. The van der Waals surface area contributed by atoms with Crippen LogP contribution in [0.2, 0.25) is 0 Å². The first-order valence-corrected chi connectivity index (χ1v) is 8.94. The fourth-order valence-corrected chi connectivity index (χ4v) is 4.75. The third-order valence-corrected chi connectivity index (χ3v) is 6.12. The van der Waals surface area contributed by atoms with Gasteiger partial charge >= 0.3 is 0 Å². The predicted molar refractivity (Wildman–Crippen MR) is 78.0 cm³/mol. The molecule has 5 nitrogen and oxygen atoms in total. The van der Waals surface area contributed by atoms with Crippen LogP contribution >= 0.6 is 22.7 Å². The number of nitrogens with two attached hydrogens (primary N) is 1. The van der Waals surface area contributed by atoms with Crippen LogP contribution in [0, 0.1) is 6.92 Å². The number of hydrogen-bond donors (Lipinski definition) is 2. The van der Waals surface area contributed by atoms with Crippen LogP contribution < -0.4 is 10.5 Å². The molecule has 2 aromatic heterocycles. The van der Waals surface area contributed by atoms with Gasteiger partial charge in [-0.2, -0.15) is 0 Å². The van der Waals surface area contributed by atoms with Gasteiger partial charge in [0.15, 0.2) is 0 Å². The Morgan fingerprint density at radius 1 is 1.42 bits per heavy atom. The fourth-order valence-electron chi connectivity index (χ4n) is 1.60. The second-order valence-electron chi connectivity index (χ2n) is 3.94. The number of sulfonamides is 1. The van der Waals surface area contributed by atoms with Crippen LogP contribution in [-0.2, 0) is 23.0 Å². The standard InChI is InChI=1S/C11H15N3O2S3/c1-8-7-18-11(14-8)2-4-13-19(15,16)10-3-5-17-9(10)6-12/h3,5,7,13H,2,4,6,12H2,1H3. The van der Waals surface area contributed by atoms with Crippen molar-refractivity contribution in [3.63, 3.8) is 0 Å². The summed E-state index contributed by atoms with van der Waals surface area (Å²) < 4.78 is 26.8. The van der Waals surface area contributed by atoms with Crippen LogP contribution in [0.5, 0.6) is 0 Å². The van der Waals surface area contributed by atoms with Gasteiger partial charge in [0.2, 0.25) is 10.0 Å². The first-order valence-electron chi connectivity index (χ1n) is 5.70. The van der Waals surface area contributed by atoms with Crippen LogP contribution in [-0.4, -0.2) is 19.9 Å². The molecule has 0 aliphatic carbocycles. The molecule has 0 saturated heterocycles. The van der Waals surface area contributed by atoms with E-state index in [1.165, 1.54) is 11.3 Å². The van der Waals surface area contributed by atoms with Gasteiger partial charge in [0.1, 0.15) is 0 Å². The molecule has 2 heterocycles. The monoisotopic (exact) mass is 317 g/mol. The molecule has 0 aliphatic heterocycles. The summed E-state index contributed by atoms with van der Waals surface area (Å²) in [5.74, 6) is 0. The fraction of sp³-hybridized carbons (Fsp3) is 0.364. The zero-order valence-corrected chi connectivity index (χ0v) is 12.9. The number of thiophene rings is 1. The van der Waals surface area contributed by atoms with Crippen LogP contribution in [0.3, 0.4) is 0 Å². The Kier molecular flexibility index (Phi) is 4.69. The van der Waals surface area contributed by atoms with Crippen molar-refractivity contribution in [2.75, 3.05) is 6.54 Å². The number of rotatable bonds is 6. The highest BCUT2D eigenvalue weighted by Crippen LogP contribution is 2.21. The summed E-state index contributed by atoms with van der Waals surface area (Å²) in [6.07, 6.45) is 0.597. The molecule has 8 heteroatoms. The van der Waals surface area contributed by atoms with E-state index in [4.69, 9.17) is 5.73 Å². The summed E-state index contributed by atoms with van der Waals surface area (Å²) in [5, 5.41) is 4.63. The third-order valence-electron chi connectivity index (χ3n) is 2.48. The Bertz CT molecular complexity index is 646. The first kappa shape index (κ1) is 14.6. The average molecular weight is 317 g/mol. The molecule has 0 aromatic carbocycles. The van der Waals surface area contributed by atoms with Crippen molar-refractivity contribution in [2.45, 2.75) is 24.8 Å². The van der Waals surface area contributed by atoms with Gasteiger partial charge in [-0.3, -0.25) is 0 Å². The van der Waals surface area contributed by atoms with E-state index in [9.17, 15) is 8.42 Å². The van der Waals surface area contributed by atoms with Crippen molar-refractivity contribution in [1.29, 1.82) is 0 Å². The van der Waals surface area contributed by atoms with Crippen molar-refractivity contribution >= 4 is 32.7 Å². The molecule has 3 N–H and O–H groups in total. The number of aryl methyl sites for hydroxylation is 1. The molecular weight excluding hydrogens is 302 g/mol. The second kappa shape index (κ2) is 6.10. The van der Waals surface area contributed by atoms with Crippen LogP contribution in [0.15, 0.2) is 21.7 Å². The molecule has 2 aromatic rings. The molecule has 0 spiro atoms. The number of thiazole rings is 1. The van der Waals surface area contributed by atoms with Gasteiger partial charge in [-0.25, -0.2) is 18.1 Å². The number of nitrogens with one attached hydrogen (secondary N) is 1. The molecule has 104 valence electrons. The molecule has 0 saturated carbocycles. The number of hydrogen-bond acceptors (Lipinski definition) is 6. The van der Waals surface area contributed by atoms with Gasteiger partial charge in [-0.05, 0) is 18.4 Å². The maximum absolute atomic E-state index is 12.1. The van der Waals surface area contributed by atoms with Crippen LogP contribution in [0.25, 0.3) is 0 Å². The van der Waals surface area contributed by atoms with Crippen molar-refractivity contribution < 1.29 is 8.42 Å². The SMILES string of the molecule is Cc1csc(CCNS(=O)(=O)c2ccsc2CN)n1. The van der Waals surface area contributed by atoms with E-state index in [2.05, 4.69) is 9.71 Å². The predicted octanol–water partition coefficient (Wildman–Crippen LogP) is 1.49. The van der Waals surface area contributed by atoms with Gasteiger partial charge in [0.25, 0.3) is 0 Å². The molecule has 0 aliphatic rings. The molecule has 0 radical (unpaired) electrons. The normalized spacial score (nSPS) is 11.9. The lowest BCUT2D eigenvalue weighted by Crippen LogP contribution is -2.26. The van der Waals surface area contributed by atoms with E-state index in [0.717, 1.165) is 10.7 Å². The number of nitrogens with zero attached hydrogens (tertiary/aromatic N) is 1. The van der Waals surface area contributed by atoms with Crippen molar-refractivity contribution in [1.82, 2.24) is 9.71 Å². The minimum absolute atomic E-state index is 0.236. The lowest BCUT2D eigenvalue weighted by atomic mass is 10.4. The highest BCUT2D eigenvalue weighted by atomic mass is 32.2. The first-order chi connectivity index (χ1) is 9.03. The number of aromatic nitrogens is 1. The topological polar surface area (TPSA) is 85.1 Å². The highest BCUT2D eigenvalue weighted by Gasteiger charge is 2.18. The zero-order chi connectivity index (χ0) is 13.9. The molecule has 0 atom stereocenters. The van der Waals surface area contributed by atoms with Crippen molar-refractivity contribution in [3.05, 3.63) is 32.4 Å². The van der Waals surface area contributed by atoms with E-state index >= 15 is 0 Å². The van der Waals surface area contributed by atoms with Gasteiger partial charge < -0.3 is 5.73 Å². The average Bonchev–Trinajstić information content (AvgIpc) is 2.97. The van der Waals surface area contributed by atoms with E-state index in [-0.39, 0.29) is 11.4 Å². The maximum atomic E-state index is 12.1. The van der Waals surface area contributed by atoms with Crippen molar-refractivity contribution in [2.24, 2.45) is 5.73 Å². The second-order valence-corrected chi connectivity index (χ2v) is 7.62. The van der Waals surface area contributed by atoms with E-state index in [0.29, 0.717) is 17.8 Å². The lowest BCUT2D eigenvalue weighted by Gasteiger charge is -2.05. The summed E-state index contributed by atoms with van der Waals surface area (Å²) in [7, 11) is -3.47. The zero-order valence-electron chi connectivity index (χ0n) is 10.4. The Hall–Kier alpha value is -0.800. The third kappa shape index (κ3) is 3.61. The summed E-state index contributed by atoms with van der Waals surface area (Å²) in [6, 6.07) is 1.59. The molecule has 2 rings (SSSR count). The Morgan fingerprint density at radius 3 is 2.84 bits per heavy atom. The summed E-state index contributed by atoms with van der Waals surface area (Å²) in [6.45, 7) is 2.50. The Morgan fingerprint density at radius 2 is 2.21 bits per heavy atom. The van der Waals surface area contributed by atoms with Crippen LogP contribution in [0.1, 0.15) is 15.6 Å². The summed E-state index contributed by atoms with van der Waals surface area (Å²) >= 11 is 2.90. The van der Waals surface area contributed by atoms with Gasteiger partial charge in [0.05, 0.1) is 9.90 Å². The summed E-state index contributed by atoms with van der Waals surface area (Å²) in [5.41, 5.74) is 6.49. The van der Waals surface area contributed by atoms with Gasteiger partial charge in [-0.15, -0.1) is 22.7 Å². The minimum Gasteiger partial charge on any atom is -0.326 e. The molecule has 0 bridgehead atoms. The minimum atomic E-state index is -3.47. The van der Waals surface area contributed by atoms with Crippen molar-refractivity contribution in [3.8, 4) is 0 Å². The molecular formula is C11H15N3O2S3. The van der Waals surface area contributed by atoms with Gasteiger partial charge in [0, 0.05) is 35.5 Å². The molecule has 0 fully saturated rings. The lowest BCUT2D eigenvalue weighted by molar-refractivity contribution is 0.581.